The van der Waals surface area contributed by atoms with E-state index in [4.69, 9.17) is 10.7 Å². The summed E-state index contributed by atoms with van der Waals surface area (Å²) in [5, 5.41) is 13.5. The number of aromatic amines is 1. The zero-order valence-corrected chi connectivity index (χ0v) is 23.9. The lowest BCUT2D eigenvalue weighted by Crippen LogP contribution is -2.49. The third-order valence-corrected chi connectivity index (χ3v) is 7.17. The second-order valence-electron chi connectivity index (χ2n) is 11.5. The van der Waals surface area contributed by atoms with Crippen molar-refractivity contribution in [1.29, 1.82) is 0 Å². The summed E-state index contributed by atoms with van der Waals surface area (Å²) in [5.41, 5.74) is 10.2. The van der Waals surface area contributed by atoms with Crippen molar-refractivity contribution in [2.75, 3.05) is 47.4 Å². The summed E-state index contributed by atoms with van der Waals surface area (Å²) in [6, 6.07) is 7.80. The third-order valence-electron chi connectivity index (χ3n) is 7.17. The molecule has 4 aromatic rings. The fraction of sp³-hybridized carbons (Fsp3) is 0.429. The molecule has 0 aliphatic carbocycles. The van der Waals surface area contributed by atoms with E-state index in [1.165, 1.54) is 6.33 Å². The molecule has 5 N–H and O–H groups in total. The lowest BCUT2D eigenvalue weighted by Gasteiger charge is -2.37. The summed E-state index contributed by atoms with van der Waals surface area (Å²) in [5.74, 6) is 1.64. The van der Waals surface area contributed by atoms with E-state index in [0.717, 1.165) is 43.1 Å². The average molecular weight is 544 g/mol. The number of H-pyrrole nitrogens is 1. The van der Waals surface area contributed by atoms with E-state index in [9.17, 15) is 4.79 Å². The average Bonchev–Trinajstić information content (AvgIpc) is 3.39. The predicted molar refractivity (Wildman–Crippen MR) is 158 cm³/mol. The number of carbonyl (C=O) groups is 1. The highest BCUT2D eigenvalue weighted by Gasteiger charge is 2.23. The minimum atomic E-state index is -0.255. The first-order valence-corrected chi connectivity index (χ1v) is 13.5. The monoisotopic (exact) mass is 543 g/mol. The van der Waals surface area contributed by atoms with Crippen molar-refractivity contribution in [2.24, 2.45) is 0 Å². The quantitative estimate of drug-likeness (QED) is 0.282. The van der Waals surface area contributed by atoms with Gasteiger partial charge < -0.3 is 21.3 Å². The van der Waals surface area contributed by atoms with Gasteiger partial charge >= 0.3 is 0 Å². The zero-order valence-electron chi connectivity index (χ0n) is 23.9. The van der Waals surface area contributed by atoms with Gasteiger partial charge in [-0.25, -0.2) is 15.0 Å². The number of benzene rings is 1. The van der Waals surface area contributed by atoms with Crippen LogP contribution in [-0.2, 0) is 5.41 Å². The van der Waals surface area contributed by atoms with Crippen molar-refractivity contribution in [3.63, 3.8) is 0 Å². The molecule has 1 aliphatic rings. The molecule has 5 rings (SSSR count). The number of fused-ring (bicyclic) bond motifs is 1. The van der Waals surface area contributed by atoms with E-state index in [1.54, 1.807) is 12.1 Å². The van der Waals surface area contributed by atoms with Gasteiger partial charge in [0, 0.05) is 55.0 Å². The number of carbonyl (C=O) groups excluding carboxylic acids is 1. The fourth-order valence-corrected chi connectivity index (χ4v) is 4.62. The van der Waals surface area contributed by atoms with Crippen molar-refractivity contribution in [1.82, 2.24) is 35.0 Å². The van der Waals surface area contributed by atoms with Gasteiger partial charge in [-0.15, -0.1) is 0 Å². The number of nitrogens with zero attached hydrogens (tertiary/aromatic N) is 7. The minimum Gasteiger partial charge on any atom is -0.382 e. The first kappa shape index (κ1) is 27.3. The molecule has 0 bridgehead atoms. The number of nitrogens with two attached hydrogens (primary N) is 1. The summed E-state index contributed by atoms with van der Waals surface area (Å²) in [4.78, 5) is 35.8. The van der Waals surface area contributed by atoms with Crippen molar-refractivity contribution < 1.29 is 4.79 Å². The Labute approximate surface area is 233 Å². The first-order valence-electron chi connectivity index (χ1n) is 13.5. The van der Waals surface area contributed by atoms with Crippen LogP contribution in [0, 0.1) is 6.92 Å². The summed E-state index contributed by atoms with van der Waals surface area (Å²) in [6.45, 7) is 16.0. The first-order chi connectivity index (χ1) is 19.0. The number of aromatic nitrogens is 6. The van der Waals surface area contributed by atoms with E-state index < -0.39 is 0 Å². The Morgan fingerprint density at radius 3 is 2.48 bits per heavy atom. The Balaban J connectivity index is 1.40. The lowest BCUT2D eigenvalue weighted by molar-refractivity contribution is 0.102. The van der Waals surface area contributed by atoms with Crippen LogP contribution in [0.1, 0.15) is 56.2 Å². The molecule has 4 heterocycles. The van der Waals surface area contributed by atoms with Gasteiger partial charge in [0.2, 0.25) is 5.95 Å². The van der Waals surface area contributed by atoms with Crippen LogP contribution < -0.4 is 21.3 Å². The van der Waals surface area contributed by atoms with E-state index >= 15 is 0 Å². The molecule has 0 atom stereocenters. The highest BCUT2D eigenvalue weighted by molar-refractivity contribution is 6.04. The van der Waals surface area contributed by atoms with Gasteiger partial charge in [-0.05, 0) is 38.5 Å². The summed E-state index contributed by atoms with van der Waals surface area (Å²) in [7, 11) is 0. The molecule has 3 aromatic heterocycles. The van der Waals surface area contributed by atoms with Gasteiger partial charge in [0.1, 0.15) is 23.2 Å². The predicted octanol–water partition coefficient (Wildman–Crippen LogP) is 3.86. The van der Waals surface area contributed by atoms with E-state index in [2.05, 4.69) is 80.2 Å². The number of aryl methyl sites for hydroxylation is 1. The molecule has 1 aliphatic heterocycles. The Hall–Kier alpha value is -4.32. The SMILES string of the molecule is Cc1ccc(C(=O)Nc2cc(C(C)(C)C)n[nH]2)cc1Nc1ncnc2c(N)nc(N3CCN(C(C)C)CC3)nc12. The van der Waals surface area contributed by atoms with Crippen molar-refractivity contribution in [2.45, 2.75) is 53.0 Å². The van der Waals surface area contributed by atoms with Crippen LogP contribution in [0.25, 0.3) is 11.0 Å². The van der Waals surface area contributed by atoms with Crippen molar-refractivity contribution in [3.8, 4) is 0 Å². The van der Waals surface area contributed by atoms with Crippen LogP contribution in [0.15, 0.2) is 30.6 Å². The highest BCUT2D eigenvalue weighted by Crippen LogP contribution is 2.29. The number of anilines is 5. The van der Waals surface area contributed by atoms with Crippen LogP contribution in [0.3, 0.4) is 0 Å². The van der Waals surface area contributed by atoms with Crippen LogP contribution in [-0.4, -0.2) is 73.2 Å². The normalized spacial score (nSPS) is 14.6. The van der Waals surface area contributed by atoms with Gasteiger partial charge in [-0.3, -0.25) is 14.8 Å². The number of rotatable bonds is 6. The van der Waals surface area contributed by atoms with Gasteiger partial charge in [0.25, 0.3) is 5.91 Å². The van der Waals surface area contributed by atoms with Gasteiger partial charge in [0.15, 0.2) is 11.6 Å². The van der Waals surface area contributed by atoms with E-state index in [1.807, 2.05) is 19.1 Å². The van der Waals surface area contributed by atoms with Crippen LogP contribution in [0.4, 0.5) is 29.1 Å². The number of hydrogen-bond acceptors (Lipinski definition) is 10. The Bertz CT molecular complexity index is 1530. The van der Waals surface area contributed by atoms with Crippen LogP contribution in [0.2, 0.25) is 0 Å². The maximum absolute atomic E-state index is 13.1. The van der Waals surface area contributed by atoms with Gasteiger partial charge in [-0.1, -0.05) is 26.8 Å². The molecule has 12 nitrogen and oxygen atoms in total. The topological polar surface area (TPSA) is 154 Å². The molecule has 12 heteroatoms. The van der Waals surface area contributed by atoms with Crippen LogP contribution >= 0.6 is 0 Å². The number of nitrogens with one attached hydrogen (secondary N) is 3. The van der Waals surface area contributed by atoms with Crippen LogP contribution in [0.5, 0.6) is 0 Å². The molecule has 1 aromatic carbocycles. The third kappa shape index (κ3) is 5.67. The molecular weight excluding hydrogens is 506 g/mol. The number of hydrogen-bond donors (Lipinski definition) is 4. The summed E-state index contributed by atoms with van der Waals surface area (Å²) < 4.78 is 0. The van der Waals surface area contributed by atoms with Gasteiger partial charge in [0.05, 0.1) is 5.69 Å². The molecule has 0 spiro atoms. The molecule has 0 saturated carbocycles. The molecule has 210 valence electrons. The van der Waals surface area contributed by atoms with E-state index in [0.29, 0.717) is 46.0 Å². The molecule has 1 fully saturated rings. The number of nitrogen functional groups attached to an aromatic ring is 1. The number of amides is 1. The van der Waals surface area contributed by atoms with Crippen molar-refractivity contribution in [3.05, 3.63) is 47.4 Å². The highest BCUT2D eigenvalue weighted by atomic mass is 16.1. The zero-order chi connectivity index (χ0) is 28.6. The Kier molecular flexibility index (Phi) is 7.28. The summed E-state index contributed by atoms with van der Waals surface area (Å²) >= 11 is 0. The second-order valence-corrected chi connectivity index (χ2v) is 11.5. The smallest absolute Gasteiger partial charge is 0.256 e. The molecule has 1 amide bonds. The molecular formula is C28H37N11O. The molecule has 0 unspecified atom stereocenters. The second kappa shape index (κ2) is 10.7. The van der Waals surface area contributed by atoms with Gasteiger partial charge in [-0.2, -0.15) is 10.1 Å². The largest absolute Gasteiger partial charge is 0.382 e. The maximum atomic E-state index is 13.1. The van der Waals surface area contributed by atoms with Crippen molar-refractivity contribution >= 4 is 46.0 Å². The van der Waals surface area contributed by atoms with E-state index in [-0.39, 0.29) is 11.3 Å². The molecule has 0 radical (unpaired) electrons. The standard InChI is InChI=1S/C28H37N11O/c1-16(2)38-9-11-39(12-10-38)27-34-23-22(24(29)35-27)30-15-31-25(23)32-19-13-18(8-7-17(19)3)26(40)33-21-14-20(36-37-21)28(4,5)6/h7-8,13-16H,9-12H2,1-6H3,(H2,29,34,35)(H,30,31,32)(H2,33,36,37,40). The Morgan fingerprint density at radius 2 is 1.80 bits per heavy atom. The lowest BCUT2D eigenvalue weighted by atomic mass is 9.92. The number of piperazine rings is 1. The fourth-order valence-electron chi connectivity index (χ4n) is 4.62. The Morgan fingerprint density at radius 1 is 1.05 bits per heavy atom. The molecule has 40 heavy (non-hydrogen) atoms. The minimum absolute atomic E-state index is 0.129. The molecule has 1 saturated heterocycles. The summed E-state index contributed by atoms with van der Waals surface area (Å²) in [6.07, 6.45) is 1.43. The maximum Gasteiger partial charge on any atom is 0.256 e.